The third-order valence-electron chi connectivity index (χ3n) is 2.94. The summed E-state index contributed by atoms with van der Waals surface area (Å²) in [5.74, 6) is 0.690. The van der Waals surface area contributed by atoms with Gasteiger partial charge in [-0.15, -0.1) is 0 Å². The summed E-state index contributed by atoms with van der Waals surface area (Å²) in [5, 5.41) is 9.05. The van der Waals surface area contributed by atoms with Crippen LogP contribution >= 0.6 is 0 Å². The molecule has 2 aromatic rings. The highest BCUT2D eigenvalue weighted by molar-refractivity contribution is 5.37. The van der Waals surface area contributed by atoms with Crippen LogP contribution in [0.5, 0.6) is 11.5 Å². The summed E-state index contributed by atoms with van der Waals surface area (Å²) in [6.07, 6.45) is 0. The molecule has 0 spiro atoms. The van der Waals surface area contributed by atoms with E-state index >= 15 is 0 Å². The molecule has 4 heteroatoms. The Balaban J connectivity index is 2.16. The molecule has 0 fully saturated rings. The Kier molecular flexibility index (Phi) is 4.58. The predicted molar refractivity (Wildman–Crippen MR) is 74.4 cm³/mol. The third kappa shape index (κ3) is 3.48. The van der Waals surface area contributed by atoms with Crippen LogP contribution in [0.3, 0.4) is 0 Å². The number of hydrogen-bond donors (Lipinski definition) is 1. The fourth-order valence-corrected chi connectivity index (χ4v) is 1.98. The van der Waals surface area contributed by atoms with Crippen LogP contribution in [0, 0.1) is 12.7 Å². The fourth-order valence-electron chi connectivity index (χ4n) is 1.98. The minimum absolute atomic E-state index is 0.220. The minimum Gasteiger partial charge on any atom is -0.496 e. The zero-order chi connectivity index (χ0) is 14.5. The summed E-state index contributed by atoms with van der Waals surface area (Å²) in [5.41, 5.74) is 2.47. The molecule has 0 atom stereocenters. The van der Waals surface area contributed by atoms with E-state index in [2.05, 4.69) is 0 Å². The molecule has 0 heterocycles. The van der Waals surface area contributed by atoms with Gasteiger partial charge in [-0.25, -0.2) is 4.39 Å². The van der Waals surface area contributed by atoms with Gasteiger partial charge in [0, 0.05) is 11.6 Å². The van der Waals surface area contributed by atoms with Crippen molar-refractivity contribution in [1.29, 1.82) is 0 Å². The summed E-state index contributed by atoms with van der Waals surface area (Å²) in [6, 6.07) is 9.98. The van der Waals surface area contributed by atoms with Crippen LogP contribution in [-0.4, -0.2) is 12.2 Å². The van der Waals surface area contributed by atoms with Crippen molar-refractivity contribution in [3.8, 4) is 11.5 Å². The van der Waals surface area contributed by atoms with Gasteiger partial charge in [0.2, 0.25) is 0 Å². The van der Waals surface area contributed by atoms with Gasteiger partial charge in [-0.05, 0) is 36.8 Å². The van der Waals surface area contributed by atoms with E-state index in [-0.39, 0.29) is 13.2 Å². The second kappa shape index (κ2) is 6.39. The summed E-state index contributed by atoms with van der Waals surface area (Å²) in [4.78, 5) is 0. The largest absolute Gasteiger partial charge is 0.496 e. The number of aliphatic hydroxyl groups is 1. The van der Waals surface area contributed by atoms with E-state index in [1.807, 2.05) is 25.1 Å². The van der Waals surface area contributed by atoms with Crippen LogP contribution in [0.1, 0.15) is 16.7 Å². The number of halogens is 1. The molecule has 0 aliphatic carbocycles. The van der Waals surface area contributed by atoms with E-state index in [1.54, 1.807) is 13.2 Å². The van der Waals surface area contributed by atoms with Gasteiger partial charge in [0.25, 0.3) is 0 Å². The van der Waals surface area contributed by atoms with Crippen molar-refractivity contribution in [2.45, 2.75) is 20.1 Å². The quantitative estimate of drug-likeness (QED) is 0.911. The first-order chi connectivity index (χ1) is 9.62. The van der Waals surface area contributed by atoms with Crippen LogP contribution in [0.4, 0.5) is 4.39 Å². The van der Waals surface area contributed by atoms with Crippen molar-refractivity contribution in [1.82, 2.24) is 0 Å². The minimum atomic E-state index is -0.428. The summed E-state index contributed by atoms with van der Waals surface area (Å²) >= 11 is 0. The number of aryl methyl sites for hydroxylation is 1. The topological polar surface area (TPSA) is 38.7 Å². The van der Waals surface area contributed by atoms with Crippen LogP contribution < -0.4 is 9.47 Å². The van der Waals surface area contributed by atoms with E-state index in [1.165, 1.54) is 12.1 Å². The Morgan fingerprint density at radius 1 is 1.15 bits per heavy atom. The predicted octanol–water partition coefficient (Wildman–Crippen LogP) is 3.21. The number of ether oxygens (including phenoxy) is 2. The maximum absolute atomic E-state index is 13.3. The third-order valence-corrected chi connectivity index (χ3v) is 2.94. The van der Waals surface area contributed by atoms with Crippen molar-refractivity contribution in [2.75, 3.05) is 7.11 Å². The molecule has 1 N–H and O–H groups in total. The number of methoxy groups -OCH3 is 1. The summed E-state index contributed by atoms with van der Waals surface area (Å²) in [6.45, 7) is 2.04. The lowest BCUT2D eigenvalue weighted by Gasteiger charge is -2.12. The van der Waals surface area contributed by atoms with E-state index in [4.69, 9.17) is 14.6 Å². The van der Waals surface area contributed by atoms with Gasteiger partial charge in [0.1, 0.15) is 23.9 Å². The highest BCUT2D eigenvalue weighted by atomic mass is 19.1. The molecule has 2 rings (SSSR count). The Morgan fingerprint density at radius 3 is 2.65 bits per heavy atom. The monoisotopic (exact) mass is 276 g/mol. The van der Waals surface area contributed by atoms with Crippen LogP contribution in [0.2, 0.25) is 0 Å². The van der Waals surface area contributed by atoms with E-state index in [0.29, 0.717) is 11.3 Å². The van der Waals surface area contributed by atoms with Gasteiger partial charge < -0.3 is 14.6 Å². The van der Waals surface area contributed by atoms with Gasteiger partial charge >= 0.3 is 0 Å². The first-order valence-corrected chi connectivity index (χ1v) is 6.29. The number of aliphatic hydroxyl groups excluding tert-OH is 1. The van der Waals surface area contributed by atoms with Crippen LogP contribution in [0.25, 0.3) is 0 Å². The zero-order valence-corrected chi connectivity index (χ0v) is 11.5. The summed E-state index contributed by atoms with van der Waals surface area (Å²) in [7, 11) is 1.60. The molecule has 2 aromatic carbocycles. The lowest BCUT2D eigenvalue weighted by atomic mass is 10.1. The lowest BCUT2D eigenvalue weighted by molar-refractivity contribution is 0.275. The maximum Gasteiger partial charge on any atom is 0.127 e. The Labute approximate surface area is 117 Å². The van der Waals surface area contributed by atoms with Crippen LogP contribution in [-0.2, 0) is 13.2 Å². The number of rotatable bonds is 5. The van der Waals surface area contributed by atoms with Gasteiger partial charge in [0.15, 0.2) is 0 Å². The van der Waals surface area contributed by atoms with E-state index < -0.39 is 5.82 Å². The molecule has 0 unspecified atom stereocenters. The first-order valence-electron chi connectivity index (χ1n) is 6.29. The second-order valence-corrected chi connectivity index (χ2v) is 4.56. The summed E-state index contributed by atoms with van der Waals surface area (Å²) < 4.78 is 24.2. The zero-order valence-electron chi connectivity index (χ0n) is 11.5. The molecule has 0 amide bonds. The molecule has 0 aliphatic rings. The van der Waals surface area contributed by atoms with Crippen molar-refractivity contribution in [3.05, 3.63) is 58.9 Å². The Bertz CT molecular complexity index is 596. The molecule has 0 aromatic heterocycles. The van der Waals surface area contributed by atoms with Gasteiger partial charge in [-0.3, -0.25) is 0 Å². The highest BCUT2D eigenvalue weighted by Gasteiger charge is 2.06. The molecular formula is C16H17FO3. The van der Waals surface area contributed by atoms with Crippen molar-refractivity contribution < 1.29 is 19.0 Å². The number of benzene rings is 2. The van der Waals surface area contributed by atoms with Gasteiger partial charge in [-0.2, -0.15) is 0 Å². The van der Waals surface area contributed by atoms with Crippen LogP contribution in [0.15, 0.2) is 36.4 Å². The molecule has 0 radical (unpaired) electrons. The van der Waals surface area contributed by atoms with Crippen molar-refractivity contribution in [3.63, 3.8) is 0 Å². The van der Waals surface area contributed by atoms with E-state index in [0.717, 1.165) is 16.9 Å². The van der Waals surface area contributed by atoms with Gasteiger partial charge in [0.05, 0.1) is 13.7 Å². The first kappa shape index (κ1) is 14.3. The van der Waals surface area contributed by atoms with Crippen molar-refractivity contribution in [2.24, 2.45) is 0 Å². The average Bonchev–Trinajstić information content (AvgIpc) is 2.44. The van der Waals surface area contributed by atoms with Crippen molar-refractivity contribution >= 4 is 0 Å². The second-order valence-electron chi connectivity index (χ2n) is 4.56. The molecule has 106 valence electrons. The SMILES string of the molecule is COc1ccc(C)cc1COc1cc(F)cc(CO)c1. The number of hydrogen-bond acceptors (Lipinski definition) is 3. The standard InChI is InChI=1S/C16H17FO3/c1-11-3-4-16(19-2)13(5-11)10-20-15-7-12(9-18)6-14(17)8-15/h3-8,18H,9-10H2,1-2H3. The highest BCUT2D eigenvalue weighted by Crippen LogP contribution is 2.23. The maximum atomic E-state index is 13.3. The fraction of sp³-hybridized carbons (Fsp3) is 0.250. The average molecular weight is 276 g/mol. The molecule has 0 saturated heterocycles. The molecular weight excluding hydrogens is 259 g/mol. The molecule has 20 heavy (non-hydrogen) atoms. The normalized spacial score (nSPS) is 10.4. The smallest absolute Gasteiger partial charge is 0.127 e. The molecule has 0 bridgehead atoms. The Hall–Kier alpha value is -2.07. The lowest BCUT2D eigenvalue weighted by Crippen LogP contribution is -2.00. The molecule has 3 nitrogen and oxygen atoms in total. The van der Waals surface area contributed by atoms with Gasteiger partial charge in [-0.1, -0.05) is 11.6 Å². The molecule has 0 aliphatic heterocycles. The van der Waals surface area contributed by atoms with E-state index in [9.17, 15) is 4.39 Å². The Morgan fingerprint density at radius 2 is 1.95 bits per heavy atom. The molecule has 0 saturated carbocycles.